The van der Waals surface area contributed by atoms with Crippen molar-refractivity contribution in [1.82, 2.24) is 0 Å². The Bertz CT molecular complexity index is 520. The molecule has 94 valence electrons. The second-order valence-corrected chi connectivity index (χ2v) is 5.44. The maximum Gasteiger partial charge on any atom is 0.126 e. The second-order valence-electron chi connectivity index (χ2n) is 4.00. The van der Waals surface area contributed by atoms with E-state index in [4.69, 9.17) is 11.6 Å². The minimum Gasteiger partial charge on any atom is -0.207 e. The highest BCUT2D eigenvalue weighted by molar-refractivity contribution is 9.10. The van der Waals surface area contributed by atoms with Crippen LogP contribution in [0.4, 0.5) is 8.78 Å². The number of alkyl halides is 1. The van der Waals surface area contributed by atoms with Gasteiger partial charge in [0.2, 0.25) is 0 Å². The summed E-state index contributed by atoms with van der Waals surface area (Å²) in [6.45, 7) is 0. The van der Waals surface area contributed by atoms with Crippen molar-refractivity contribution in [1.29, 1.82) is 0 Å². The molecule has 0 aliphatic carbocycles. The van der Waals surface area contributed by atoms with Crippen molar-refractivity contribution in [2.45, 2.75) is 11.8 Å². The molecule has 0 aromatic heterocycles. The Hall–Kier alpha value is -0.930. The Kier molecular flexibility index (Phi) is 4.36. The molecule has 0 amide bonds. The van der Waals surface area contributed by atoms with Gasteiger partial charge in [0.15, 0.2) is 0 Å². The van der Waals surface area contributed by atoms with Crippen LogP contribution in [0.3, 0.4) is 0 Å². The first kappa shape index (κ1) is 13.5. The van der Waals surface area contributed by atoms with Gasteiger partial charge in [-0.3, -0.25) is 0 Å². The molecule has 0 radical (unpaired) electrons. The fraction of sp³-hybridized carbons (Fsp3) is 0.143. The van der Waals surface area contributed by atoms with Crippen LogP contribution in [0.15, 0.2) is 46.9 Å². The highest BCUT2D eigenvalue weighted by Gasteiger charge is 2.11. The average molecular weight is 332 g/mol. The zero-order valence-corrected chi connectivity index (χ0v) is 11.7. The molecule has 1 atom stereocenters. The van der Waals surface area contributed by atoms with Gasteiger partial charge in [-0.2, -0.15) is 0 Å². The van der Waals surface area contributed by atoms with Crippen LogP contribution in [0.5, 0.6) is 0 Å². The molecule has 2 aromatic carbocycles. The summed E-state index contributed by atoms with van der Waals surface area (Å²) in [7, 11) is 0. The number of hydrogen-bond acceptors (Lipinski definition) is 0. The van der Waals surface area contributed by atoms with E-state index in [1.165, 1.54) is 12.1 Å². The third-order valence-corrected chi connectivity index (χ3v) is 3.51. The second kappa shape index (κ2) is 5.81. The van der Waals surface area contributed by atoms with Gasteiger partial charge in [0.05, 0.1) is 5.38 Å². The SMILES string of the molecule is Fc1cc(F)cc(C(Cl)Cc2ccc(Br)cc2)c1. The zero-order valence-electron chi connectivity index (χ0n) is 9.34. The van der Waals surface area contributed by atoms with Crippen LogP contribution in [0, 0.1) is 11.6 Å². The lowest BCUT2D eigenvalue weighted by atomic mass is 10.0. The predicted octanol–water partition coefficient (Wildman–Crippen LogP) is 5.25. The van der Waals surface area contributed by atoms with E-state index in [9.17, 15) is 8.78 Å². The lowest BCUT2D eigenvalue weighted by molar-refractivity contribution is 0.579. The number of halogens is 4. The molecule has 0 spiro atoms. The molecule has 1 unspecified atom stereocenters. The summed E-state index contributed by atoms with van der Waals surface area (Å²) >= 11 is 9.52. The molecule has 0 fully saturated rings. The Labute approximate surface area is 118 Å². The van der Waals surface area contributed by atoms with E-state index in [0.717, 1.165) is 16.1 Å². The third-order valence-electron chi connectivity index (χ3n) is 2.57. The van der Waals surface area contributed by atoms with E-state index < -0.39 is 17.0 Å². The van der Waals surface area contributed by atoms with Crippen LogP contribution >= 0.6 is 27.5 Å². The molecule has 0 saturated carbocycles. The average Bonchev–Trinajstić information content (AvgIpc) is 2.31. The summed E-state index contributed by atoms with van der Waals surface area (Å²) in [5.74, 6) is -1.21. The monoisotopic (exact) mass is 330 g/mol. The lowest BCUT2D eigenvalue weighted by Crippen LogP contribution is -1.97. The van der Waals surface area contributed by atoms with E-state index in [1.807, 2.05) is 24.3 Å². The van der Waals surface area contributed by atoms with Gasteiger partial charge in [-0.05, 0) is 41.8 Å². The van der Waals surface area contributed by atoms with Crippen molar-refractivity contribution in [3.8, 4) is 0 Å². The highest BCUT2D eigenvalue weighted by atomic mass is 79.9. The molecule has 0 heterocycles. The quantitative estimate of drug-likeness (QED) is 0.674. The van der Waals surface area contributed by atoms with E-state index in [1.54, 1.807) is 0 Å². The minimum absolute atomic E-state index is 0.448. The summed E-state index contributed by atoms with van der Waals surface area (Å²) in [6.07, 6.45) is 0.526. The molecule has 2 aromatic rings. The van der Waals surface area contributed by atoms with Gasteiger partial charge in [-0.25, -0.2) is 8.78 Å². The Balaban J connectivity index is 2.16. The maximum absolute atomic E-state index is 13.1. The predicted molar refractivity (Wildman–Crippen MR) is 72.8 cm³/mol. The van der Waals surface area contributed by atoms with Crippen LogP contribution in [0.2, 0.25) is 0 Å². The van der Waals surface area contributed by atoms with E-state index in [-0.39, 0.29) is 0 Å². The van der Waals surface area contributed by atoms with Crippen LogP contribution in [-0.4, -0.2) is 0 Å². The molecule has 18 heavy (non-hydrogen) atoms. The van der Waals surface area contributed by atoms with E-state index in [2.05, 4.69) is 15.9 Å². The topological polar surface area (TPSA) is 0 Å². The molecule has 4 heteroatoms. The number of hydrogen-bond donors (Lipinski definition) is 0. The van der Waals surface area contributed by atoms with Gasteiger partial charge < -0.3 is 0 Å². The lowest BCUT2D eigenvalue weighted by Gasteiger charge is -2.10. The van der Waals surface area contributed by atoms with Gasteiger partial charge in [-0.15, -0.1) is 11.6 Å². The highest BCUT2D eigenvalue weighted by Crippen LogP contribution is 2.26. The van der Waals surface area contributed by atoms with Crippen LogP contribution in [0.25, 0.3) is 0 Å². The van der Waals surface area contributed by atoms with Crippen molar-refractivity contribution < 1.29 is 8.78 Å². The minimum atomic E-state index is -0.605. The molecular formula is C14H10BrClF2. The Morgan fingerprint density at radius 1 is 1.00 bits per heavy atom. The van der Waals surface area contributed by atoms with Gasteiger partial charge in [-0.1, -0.05) is 28.1 Å². The molecule has 0 N–H and O–H groups in total. The molecule has 0 bridgehead atoms. The molecule has 0 nitrogen and oxygen atoms in total. The smallest absolute Gasteiger partial charge is 0.126 e. The molecule has 0 saturated heterocycles. The largest absolute Gasteiger partial charge is 0.207 e. The number of rotatable bonds is 3. The van der Waals surface area contributed by atoms with Crippen molar-refractivity contribution in [3.63, 3.8) is 0 Å². The van der Waals surface area contributed by atoms with Crippen LogP contribution in [-0.2, 0) is 6.42 Å². The molecule has 2 rings (SSSR count). The van der Waals surface area contributed by atoms with Crippen molar-refractivity contribution in [2.24, 2.45) is 0 Å². The van der Waals surface area contributed by atoms with E-state index >= 15 is 0 Å². The number of benzene rings is 2. The van der Waals surface area contributed by atoms with Crippen molar-refractivity contribution >= 4 is 27.5 Å². The Morgan fingerprint density at radius 2 is 1.56 bits per heavy atom. The van der Waals surface area contributed by atoms with Crippen LogP contribution < -0.4 is 0 Å². The Morgan fingerprint density at radius 3 is 2.11 bits per heavy atom. The van der Waals surface area contributed by atoms with Gasteiger partial charge in [0.25, 0.3) is 0 Å². The fourth-order valence-electron chi connectivity index (χ4n) is 1.70. The first-order valence-electron chi connectivity index (χ1n) is 5.39. The first-order chi connectivity index (χ1) is 8.54. The molecule has 0 aliphatic heterocycles. The van der Waals surface area contributed by atoms with Gasteiger partial charge >= 0.3 is 0 Å². The summed E-state index contributed by atoms with van der Waals surface area (Å²) in [5.41, 5.74) is 1.47. The summed E-state index contributed by atoms with van der Waals surface area (Å²) in [4.78, 5) is 0. The molecule has 0 aliphatic rings. The first-order valence-corrected chi connectivity index (χ1v) is 6.62. The standard InChI is InChI=1S/C14H10BrClF2/c15-11-3-1-9(2-4-11)5-14(16)10-6-12(17)8-13(18)7-10/h1-4,6-8,14H,5H2. The summed E-state index contributed by atoms with van der Waals surface area (Å²) in [6, 6.07) is 11.0. The fourth-order valence-corrected chi connectivity index (χ4v) is 2.27. The zero-order chi connectivity index (χ0) is 13.1. The summed E-state index contributed by atoms with van der Waals surface area (Å²) < 4.78 is 27.1. The van der Waals surface area contributed by atoms with Crippen molar-refractivity contribution in [2.75, 3.05) is 0 Å². The van der Waals surface area contributed by atoms with Crippen LogP contribution in [0.1, 0.15) is 16.5 Å². The van der Waals surface area contributed by atoms with Gasteiger partial charge in [0.1, 0.15) is 11.6 Å². The molecular weight excluding hydrogens is 322 g/mol. The normalized spacial score (nSPS) is 12.4. The summed E-state index contributed by atoms with van der Waals surface area (Å²) in [5, 5.41) is -0.448. The maximum atomic E-state index is 13.1. The van der Waals surface area contributed by atoms with Gasteiger partial charge in [0, 0.05) is 10.5 Å². The van der Waals surface area contributed by atoms with Crippen molar-refractivity contribution in [3.05, 3.63) is 69.7 Å². The van der Waals surface area contributed by atoms with E-state index in [0.29, 0.717) is 12.0 Å². The third kappa shape index (κ3) is 3.53.